The Bertz CT molecular complexity index is 1550. The van der Waals surface area contributed by atoms with E-state index in [2.05, 4.69) is 20.6 Å². The Morgan fingerprint density at radius 1 is 1.08 bits per heavy atom. The molecule has 1 atom stereocenters. The van der Waals surface area contributed by atoms with Crippen molar-refractivity contribution in [2.75, 3.05) is 18.4 Å². The third-order valence-corrected chi connectivity index (χ3v) is 6.61. The Morgan fingerprint density at radius 3 is 2.76 bits per heavy atom. The Kier molecular flexibility index (Phi) is 6.43. The van der Waals surface area contributed by atoms with E-state index in [9.17, 15) is 9.18 Å². The molecule has 9 nitrogen and oxygen atoms in total. The summed E-state index contributed by atoms with van der Waals surface area (Å²) in [6.07, 6.45) is 6.79. The van der Waals surface area contributed by atoms with Crippen molar-refractivity contribution in [3.63, 3.8) is 0 Å². The number of piperidine rings is 1. The first-order valence-electron chi connectivity index (χ1n) is 12.5. The second-order valence-corrected chi connectivity index (χ2v) is 9.21. The maximum absolute atomic E-state index is 13.5. The van der Waals surface area contributed by atoms with Crippen LogP contribution in [0.25, 0.3) is 28.5 Å². The third-order valence-electron chi connectivity index (χ3n) is 6.61. The lowest BCUT2D eigenvalue weighted by Gasteiger charge is -2.33. The van der Waals surface area contributed by atoms with Gasteiger partial charge in [-0.25, -0.2) is 19.2 Å². The van der Waals surface area contributed by atoms with Crippen LogP contribution in [0.1, 0.15) is 18.4 Å². The van der Waals surface area contributed by atoms with Crippen molar-refractivity contribution in [3.8, 4) is 22.6 Å². The van der Waals surface area contributed by atoms with E-state index in [4.69, 9.17) is 9.40 Å². The first kappa shape index (κ1) is 23.7. The molecule has 0 saturated carbocycles. The molecular formula is C28H26FN7O2. The predicted molar refractivity (Wildman–Crippen MR) is 141 cm³/mol. The normalized spacial score (nSPS) is 15.5. The first-order valence-corrected chi connectivity index (χ1v) is 12.5. The fraction of sp³-hybridized carbons (Fsp3) is 0.214. The average molecular weight is 512 g/mol. The molecular weight excluding hydrogens is 485 g/mol. The van der Waals surface area contributed by atoms with Crippen LogP contribution in [0.3, 0.4) is 0 Å². The summed E-state index contributed by atoms with van der Waals surface area (Å²) in [4.78, 5) is 28.4. The maximum Gasteiger partial charge on any atom is 0.317 e. The Labute approximate surface area is 218 Å². The van der Waals surface area contributed by atoms with Crippen molar-refractivity contribution in [2.24, 2.45) is 0 Å². The van der Waals surface area contributed by atoms with Crippen molar-refractivity contribution in [1.29, 1.82) is 0 Å². The minimum absolute atomic E-state index is 0.0115. The molecule has 1 fully saturated rings. The van der Waals surface area contributed by atoms with Crippen LogP contribution in [-0.4, -0.2) is 49.4 Å². The molecule has 1 saturated heterocycles. The number of nitrogens with zero attached hydrogens (tertiary/aromatic N) is 5. The number of anilines is 1. The summed E-state index contributed by atoms with van der Waals surface area (Å²) in [5.41, 5.74) is 3.80. The Balaban J connectivity index is 1.19. The minimum Gasteiger partial charge on any atom is -0.432 e. The van der Waals surface area contributed by atoms with E-state index in [1.807, 2.05) is 39.6 Å². The van der Waals surface area contributed by atoms with E-state index >= 15 is 0 Å². The SMILES string of the molecule is O=C(NCc1ccccc1)N1CCC[C@@H](Nc2nccc(-c3c(-c4ccc(F)cc4)nc4occn34)n2)C1. The number of rotatable bonds is 6. The van der Waals surface area contributed by atoms with Gasteiger partial charge in [-0.15, -0.1) is 0 Å². The highest BCUT2D eigenvalue weighted by Crippen LogP contribution is 2.32. The van der Waals surface area contributed by atoms with Crippen LogP contribution in [-0.2, 0) is 6.54 Å². The number of oxazole rings is 1. The molecule has 38 heavy (non-hydrogen) atoms. The highest BCUT2D eigenvalue weighted by atomic mass is 19.1. The standard InChI is InChI=1S/C28H26FN7O2/c29-21-10-8-20(9-11-21)24-25(36-15-16-38-28(36)34-24)23-12-13-30-26(33-23)32-22-7-4-14-35(18-22)27(37)31-17-19-5-2-1-3-6-19/h1-3,5-6,8-13,15-16,22H,4,7,14,17-18H2,(H,31,37)(H,30,32,33)/t22-/m1/s1. The zero-order valence-corrected chi connectivity index (χ0v) is 20.5. The fourth-order valence-corrected chi connectivity index (χ4v) is 4.75. The van der Waals surface area contributed by atoms with Crippen molar-refractivity contribution in [1.82, 2.24) is 29.6 Å². The van der Waals surface area contributed by atoms with Gasteiger partial charge in [0.2, 0.25) is 5.95 Å². The number of urea groups is 1. The summed E-state index contributed by atoms with van der Waals surface area (Å²) in [6.45, 7) is 1.74. The predicted octanol–water partition coefficient (Wildman–Crippen LogP) is 4.98. The van der Waals surface area contributed by atoms with E-state index in [0.717, 1.165) is 29.7 Å². The van der Waals surface area contributed by atoms with Gasteiger partial charge in [-0.1, -0.05) is 30.3 Å². The number of likely N-dealkylation sites (tertiary alicyclic amines) is 1. The van der Waals surface area contributed by atoms with Gasteiger partial charge < -0.3 is 20.0 Å². The number of benzene rings is 2. The molecule has 3 aromatic heterocycles. The van der Waals surface area contributed by atoms with Crippen LogP contribution in [0.15, 0.2) is 83.7 Å². The molecule has 0 aliphatic carbocycles. The lowest BCUT2D eigenvalue weighted by Crippen LogP contribution is -2.49. The maximum atomic E-state index is 13.5. The number of imidazole rings is 1. The molecule has 6 rings (SSSR count). The number of fused-ring (bicyclic) bond motifs is 1. The summed E-state index contributed by atoms with van der Waals surface area (Å²) < 4.78 is 20.9. The van der Waals surface area contributed by atoms with Gasteiger partial charge in [0.15, 0.2) is 0 Å². The smallest absolute Gasteiger partial charge is 0.317 e. The number of carbonyl (C=O) groups is 1. The Morgan fingerprint density at radius 2 is 1.92 bits per heavy atom. The molecule has 2 aromatic carbocycles. The first-order chi connectivity index (χ1) is 18.6. The number of halogens is 1. The van der Waals surface area contributed by atoms with E-state index in [0.29, 0.717) is 42.8 Å². The molecule has 1 aliphatic rings. The van der Waals surface area contributed by atoms with Crippen molar-refractivity contribution >= 4 is 17.8 Å². The van der Waals surface area contributed by atoms with Gasteiger partial charge >= 0.3 is 11.9 Å². The van der Waals surface area contributed by atoms with Gasteiger partial charge in [0.25, 0.3) is 0 Å². The van der Waals surface area contributed by atoms with Crippen LogP contribution >= 0.6 is 0 Å². The van der Waals surface area contributed by atoms with Gasteiger partial charge in [-0.3, -0.25) is 4.40 Å². The minimum atomic E-state index is -0.318. The van der Waals surface area contributed by atoms with Crippen molar-refractivity contribution in [3.05, 3.63) is 90.7 Å². The molecule has 0 bridgehead atoms. The fourth-order valence-electron chi connectivity index (χ4n) is 4.75. The lowest BCUT2D eigenvalue weighted by molar-refractivity contribution is 0.182. The molecule has 10 heteroatoms. The number of hydrogen-bond acceptors (Lipinski definition) is 6. The van der Waals surface area contributed by atoms with E-state index in [-0.39, 0.29) is 17.9 Å². The second-order valence-electron chi connectivity index (χ2n) is 9.21. The number of aromatic nitrogens is 4. The van der Waals surface area contributed by atoms with Crippen molar-refractivity contribution in [2.45, 2.75) is 25.4 Å². The second kappa shape index (κ2) is 10.3. The molecule has 0 spiro atoms. The lowest BCUT2D eigenvalue weighted by atomic mass is 10.1. The van der Waals surface area contributed by atoms with Gasteiger partial charge in [0, 0.05) is 43.6 Å². The summed E-state index contributed by atoms with van der Waals surface area (Å²) in [6, 6.07) is 17.8. The molecule has 2 N–H and O–H groups in total. The van der Waals surface area contributed by atoms with E-state index in [1.165, 1.54) is 12.1 Å². The van der Waals surface area contributed by atoms with E-state index in [1.54, 1.807) is 36.9 Å². The monoisotopic (exact) mass is 511 g/mol. The molecule has 2 amide bonds. The Hall–Kier alpha value is -4.73. The van der Waals surface area contributed by atoms with Crippen LogP contribution in [0.2, 0.25) is 0 Å². The van der Waals surface area contributed by atoms with E-state index < -0.39 is 0 Å². The van der Waals surface area contributed by atoms with Gasteiger partial charge in [-0.05, 0) is 48.7 Å². The van der Waals surface area contributed by atoms with Crippen LogP contribution in [0, 0.1) is 5.82 Å². The quantitative estimate of drug-likeness (QED) is 0.334. The largest absolute Gasteiger partial charge is 0.432 e. The highest BCUT2D eigenvalue weighted by molar-refractivity contribution is 5.79. The van der Waals surface area contributed by atoms with Crippen LogP contribution in [0.5, 0.6) is 0 Å². The summed E-state index contributed by atoms with van der Waals surface area (Å²) in [5, 5.41) is 6.41. The zero-order chi connectivity index (χ0) is 25.9. The molecule has 4 heterocycles. The van der Waals surface area contributed by atoms with Gasteiger partial charge in [0.1, 0.15) is 23.5 Å². The summed E-state index contributed by atoms with van der Waals surface area (Å²) in [7, 11) is 0. The van der Waals surface area contributed by atoms with Crippen LogP contribution < -0.4 is 10.6 Å². The summed E-state index contributed by atoms with van der Waals surface area (Å²) in [5.74, 6) is 0.557. The summed E-state index contributed by atoms with van der Waals surface area (Å²) >= 11 is 0. The number of hydrogen-bond donors (Lipinski definition) is 2. The molecule has 0 unspecified atom stereocenters. The van der Waals surface area contributed by atoms with Gasteiger partial charge in [0.05, 0.1) is 5.69 Å². The van der Waals surface area contributed by atoms with Gasteiger partial charge in [-0.2, -0.15) is 4.98 Å². The molecule has 0 radical (unpaired) electrons. The zero-order valence-electron chi connectivity index (χ0n) is 20.5. The molecule has 5 aromatic rings. The number of nitrogens with one attached hydrogen (secondary N) is 2. The topological polar surface area (TPSA) is 101 Å². The highest BCUT2D eigenvalue weighted by Gasteiger charge is 2.25. The molecule has 192 valence electrons. The van der Waals surface area contributed by atoms with Crippen molar-refractivity contribution < 1.29 is 13.6 Å². The number of carbonyl (C=O) groups excluding carboxylic acids is 1. The van der Waals surface area contributed by atoms with Crippen LogP contribution in [0.4, 0.5) is 15.1 Å². The average Bonchev–Trinajstić information content (AvgIpc) is 3.55. The molecule has 1 aliphatic heterocycles. The number of amides is 2. The third kappa shape index (κ3) is 4.93.